The van der Waals surface area contributed by atoms with E-state index in [-0.39, 0.29) is 53.0 Å². The fraction of sp³-hybridized carbons (Fsp3) is 0.353. The molecular weight excluding hydrogens is 610 g/mol. The molecule has 1 saturated heterocycles. The number of benzene rings is 3. The molecule has 0 radical (unpaired) electrons. The zero-order valence-corrected chi connectivity index (χ0v) is 25.9. The summed E-state index contributed by atoms with van der Waals surface area (Å²) in [6.45, 7) is 3.09. The van der Waals surface area contributed by atoms with E-state index in [0.717, 1.165) is 0 Å². The van der Waals surface area contributed by atoms with Crippen molar-refractivity contribution in [3.63, 3.8) is 0 Å². The molecule has 3 aliphatic rings. The number of carbonyl (C=O) groups excluding carboxylic acids is 3. The number of hydrogen-bond donors (Lipinski definition) is 6. The van der Waals surface area contributed by atoms with Crippen LogP contribution in [-0.2, 0) is 15.9 Å². The molecule has 0 bridgehead atoms. The lowest BCUT2D eigenvalue weighted by molar-refractivity contribution is -0.245. The highest BCUT2D eigenvalue weighted by atomic mass is 16.7. The van der Waals surface area contributed by atoms with Crippen LogP contribution in [0.5, 0.6) is 17.2 Å². The average Bonchev–Trinajstić information content (AvgIpc) is 3.06. The Kier molecular flexibility index (Phi) is 8.36. The summed E-state index contributed by atoms with van der Waals surface area (Å²) in [6.07, 6.45) is -4.51. The van der Waals surface area contributed by atoms with Crippen molar-refractivity contribution in [2.45, 2.75) is 69.4 Å². The number of aromatic hydroxyl groups is 2. The molecule has 1 aliphatic heterocycles. The van der Waals surface area contributed by atoms with E-state index in [9.17, 15) is 34.8 Å². The summed E-state index contributed by atoms with van der Waals surface area (Å²) in [5.74, 6) is -3.08. The van der Waals surface area contributed by atoms with Crippen LogP contribution < -0.4 is 15.9 Å². The number of fused-ring (bicyclic) bond motifs is 3. The van der Waals surface area contributed by atoms with Gasteiger partial charge in [-0.2, -0.15) is 5.10 Å². The Balaban J connectivity index is 1.46. The summed E-state index contributed by atoms with van der Waals surface area (Å²) in [6, 6.07) is 12.1. The second kappa shape index (κ2) is 12.2. The van der Waals surface area contributed by atoms with E-state index in [4.69, 9.17) is 19.9 Å². The first-order valence-electron chi connectivity index (χ1n) is 15.1. The second-order valence-electron chi connectivity index (χ2n) is 12.1. The van der Waals surface area contributed by atoms with E-state index in [1.807, 2.05) is 0 Å². The Bertz CT molecular complexity index is 1800. The van der Waals surface area contributed by atoms with E-state index in [2.05, 4.69) is 10.5 Å². The van der Waals surface area contributed by atoms with Gasteiger partial charge in [-0.15, -0.1) is 0 Å². The summed E-state index contributed by atoms with van der Waals surface area (Å²) < 4.78 is 17.5. The van der Waals surface area contributed by atoms with Crippen molar-refractivity contribution in [2.24, 2.45) is 10.8 Å². The van der Waals surface area contributed by atoms with Crippen LogP contribution >= 0.6 is 0 Å². The Labute approximate surface area is 269 Å². The average molecular weight is 646 g/mol. The highest BCUT2D eigenvalue weighted by Crippen LogP contribution is 2.52. The number of nitrogens with two attached hydrogens (primary N) is 1. The summed E-state index contributed by atoms with van der Waals surface area (Å²) in [5.41, 5.74) is 6.04. The summed E-state index contributed by atoms with van der Waals surface area (Å²) in [4.78, 5) is 40.4. The van der Waals surface area contributed by atoms with Gasteiger partial charge >= 0.3 is 0 Å². The Morgan fingerprint density at radius 2 is 1.74 bits per heavy atom. The Morgan fingerprint density at radius 3 is 2.43 bits per heavy atom. The van der Waals surface area contributed by atoms with Gasteiger partial charge in [0, 0.05) is 47.6 Å². The number of nitrogens with zero attached hydrogens (tertiary/aromatic N) is 1. The Morgan fingerprint density at radius 1 is 1.04 bits per heavy atom. The number of rotatable bonds is 6. The number of hydrogen-bond acceptors (Lipinski definition) is 12. The van der Waals surface area contributed by atoms with Crippen molar-refractivity contribution in [1.29, 1.82) is 0 Å². The van der Waals surface area contributed by atoms with Crippen molar-refractivity contribution >= 4 is 23.2 Å². The molecule has 7 N–H and O–H groups in total. The number of ketones is 2. The van der Waals surface area contributed by atoms with Crippen molar-refractivity contribution in [3.8, 4) is 17.2 Å². The number of amides is 1. The normalized spacial score (nSPS) is 27.0. The lowest BCUT2D eigenvalue weighted by Crippen LogP contribution is -2.52. The minimum atomic E-state index is -1.88. The molecule has 0 saturated carbocycles. The number of aliphatic hydroxyl groups is 2. The molecule has 4 unspecified atom stereocenters. The molecule has 3 aromatic rings. The quantitative estimate of drug-likeness (QED) is 0.102. The van der Waals surface area contributed by atoms with Crippen molar-refractivity contribution in [3.05, 3.63) is 87.5 Å². The summed E-state index contributed by atoms with van der Waals surface area (Å²) in [5, 5.41) is 50.0. The maximum absolute atomic E-state index is 13.9. The Hall–Kier alpha value is -4.66. The van der Waals surface area contributed by atoms with Crippen molar-refractivity contribution in [2.75, 3.05) is 7.11 Å². The molecule has 6 rings (SSSR count). The van der Waals surface area contributed by atoms with Crippen LogP contribution in [-0.4, -0.2) is 80.9 Å². The minimum absolute atomic E-state index is 0.0196. The largest absolute Gasteiger partial charge is 0.507 e. The summed E-state index contributed by atoms with van der Waals surface area (Å²) in [7, 11) is 1.34. The predicted octanol–water partition coefficient (Wildman–Crippen LogP) is 2.25. The molecule has 13 heteroatoms. The maximum Gasteiger partial charge on any atom is 0.271 e. The van der Waals surface area contributed by atoms with Gasteiger partial charge in [0.15, 0.2) is 12.1 Å². The lowest BCUT2D eigenvalue weighted by atomic mass is 9.71. The third-order valence-electron chi connectivity index (χ3n) is 9.18. The second-order valence-corrected chi connectivity index (χ2v) is 12.1. The zero-order chi connectivity index (χ0) is 33.8. The van der Waals surface area contributed by atoms with Gasteiger partial charge in [-0.25, -0.2) is 5.43 Å². The monoisotopic (exact) mass is 645 g/mol. The first-order chi connectivity index (χ1) is 22.4. The van der Waals surface area contributed by atoms with Gasteiger partial charge in [-0.1, -0.05) is 30.3 Å². The van der Waals surface area contributed by atoms with E-state index in [1.165, 1.54) is 32.2 Å². The van der Waals surface area contributed by atoms with Gasteiger partial charge in [0.2, 0.25) is 5.78 Å². The molecular formula is C34H35N3O10. The van der Waals surface area contributed by atoms with E-state index < -0.39 is 76.3 Å². The van der Waals surface area contributed by atoms with E-state index in [1.54, 1.807) is 37.3 Å². The van der Waals surface area contributed by atoms with Crippen LogP contribution in [0.2, 0.25) is 0 Å². The van der Waals surface area contributed by atoms with Crippen LogP contribution in [0, 0.1) is 0 Å². The zero-order valence-electron chi connectivity index (χ0n) is 25.9. The molecule has 47 heavy (non-hydrogen) atoms. The maximum atomic E-state index is 13.9. The van der Waals surface area contributed by atoms with Gasteiger partial charge in [-0.05, 0) is 32.0 Å². The minimum Gasteiger partial charge on any atom is -0.507 e. The lowest BCUT2D eigenvalue weighted by Gasteiger charge is -2.42. The number of aliphatic hydroxyl groups excluding tert-OH is 1. The number of ether oxygens (including phenoxy) is 3. The van der Waals surface area contributed by atoms with Gasteiger partial charge < -0.3 is 40.4 Å². The van der Waals surface area contributed by atoms with Crippen LogP contribution in [0.25, 0.3) is 0 Å². The number of phenolic OH excluding ortho intramolecular Hbond substituents is 2. The first-order valence-corrected chi connectivity index (χ1v) is 15.1. The van der Waals surface area contributed by atoms with Gasteiger partial charge in [-0.3, -0.25) is 14.4 Å². The fourth-order valence-electron chi connectivity index (χ4n) is 6.56. The SMILES string of the molecule is COc1cccc2c1C(=O)c1c(O)c3c(c(O)c1C2=O)C[C@@](O)(/C(C)=N/NC(=O)c1ccccc1)CC3O[C@H]1CC(N)C(O)C(C)O1. The highest BCUT2D eigenvalue weighted by molar-refractivity contribution is 6.31. The van der Waals surface area contributed by atoms with Crippen LogP contribution in [0.3, 0.4) is 0 Å². The molecule has 1 fully saturated rings. The predicted molar refractivity (Wildman–Crippen MR) is 167 cm³/mol. The third kappa shape index (κ3) is 5.45. The topological polar surface area (TPSA) is 210 Å². The van der Waals surface area contributed by atoms with E-state index >= 15 is 0 Å². The number of methoxy groups -OCH3 is 1. The standard InChI is InChI=1S/C34H35N3O10/c1-15-28(38)20(35)12-23(46-15)47-22-14-34(44,16(2)36-37-33(43)17-8-5-4-6-9-17)13-19-25(22)32(42)27-26(30(19)40)29(39)18-10-7-11-21(45-3)24(18)31(27)41/h4-11,15,20,22-23,28,38,40,42,44H,12-14,35H2,1-3H3,(H,37,43)/b36-16+/t15?,20?,22?,23-,28?,34-/m0/s1. The van der Waals surface area contributed by atoms with Gasteiger partial charge in [0.05, 0.1) is 47.8 Å². The number of nitrogens with one attached hydrogen (secondary N) is 1. The van der Waals surface area contributed by atoms with E-state index in [0.29, 0.717) is 5.56 Å². The molecule has 0 aromatic heterocycles. The molecule has 2 aliphatic carbocycles. The van der Waals surface area contributed by atoms with Crippen LogP contribution in [0.15, 0.2) is 53.6 Å². The third-order valence-corrected chi connectivity index (χ3v) is 9.18. The molecule has 1 amide bonds. The molecule has 1 heterocycles. The van der Waals surface area contributed by atoms with Crippen LogP contribution in [0.4, 0.5) is 0 Å². The number of hydrazone groups is 1. The molecule has 3 aromatic carbocycles. The van der Waals surface area contributed by atoms with Crippen molar-refractivity contribution in [1.82, 2.24) is 5.43 Å². The number of phenols is 2. The fourth-order valence-corrected chi connectivity index (χ4v) is 6.56. The van der Waals surface area contributed by atoms with Crippen LogP contribution in [0.1, 0.15) is 86.1 Å². The number of carbonyl (C=O) groups is 3. The highest BCUT2D eigenvalue weighted by Gasteiger charge is 2.49. The van der Waals surface area contributed by atoms with Crippen molar-refractivity contribution < 1.29 is 49.0 Å². The first kappa shape index (κ1) is 32.3. The molecule has 0 spiro atoms. The summed E-state index contributed by atoms with van der Waals surface area (Å²) >= 11 is 0. The molecule has 13 nitrogen and oxygen atoms in total. The van der Waals surface area contributed by atoms with Gasteiger partial charge in [0.1, 0.15) is 22.8 Å². The molecule has 6 atom stereocenters. The smallest absolute Gasteiger partial charge is 0.271 e. The molecule has 246 valence electrons. The van der Waals surface area contributed by atoms with Gasteiger partial charge in [0.25, 0.3) is 5.91 Å².